The van der Waals surface area contributed by atoms with Gasteiger partial charge in [0, 0.05) is 16.5 Å². The van der Waals surface area contributed by atoms with Crippen LogP contribution >= 0.6 is 0 Å². The summed E-state index contributed by atoms with van der Waals surface area (Å²) in [6.45, 7) is -0.0254. The number of benzene rings is 2. The lowest BCUT2D eigenvalue weighted by Crippen LogP contribution is -1.82. The largest absolute Gasteiger partial charge is 0.497 e. The zero-order valence-electron chi connectivity index (χ0n) is 10.6. The topological polar surface area (TPSA) is 42.6 Å². The molecule has 0 atom stereocenters. The van der Waals surface area contributed by atoms with Crippen LogP contribution in [0.5, 0.6) is 5.75 Å². The van der Waals surface area contributed by atoms with Crippen LogP contribution in [0.3, 0.4) is 0 Å². The molecule has 3 rings (SSSR count). The fraction of sp³-hybridized carbons (Fsp3) is 0.125. The molecule has 3 aromatic rings. The molecule has 0 unspecified atom stereocenters. The summed E-state index contributed by atoms with van der Waals surface area (Å²) in [5.74, 6) is 1.56. The van der Waals surface area contributed by atoms with E-state index in [0.29, 0.717) is 0 Å². The number of hydrogen-bond donors (Lipinski definition) is 1. The molecule has 0 radical (unpaired) electrons. The quantitative estimate of drug-likeness (QED) is 0.776. The third kappa shape index (κ3) is 2.09. The summed E-state index contributed by atoms with van der Waals surface area (Å²) in [4.78, 5) is 0. The second-order valence-corrected chi connectivity index (χ2v) is 4.34. The maximum Gasteiger partial charge on any atom is 0.140 e. The number of fused-ring (bicyclic) bond motifs is 1. The van der Waals surface area contributed by atoms with Gasteiger partial charge in [-0.05, 0) is 18.2 Å². The van der Waals surface area contributed by atoms with Crippen LogP contribution in [0, 0.1) is 0 Å². The molecule has 1 N–H and O–H groups in total. The van der Waals surface area contributed by atoms with E-state index in [1.807, 2.05) is 48.5 Å². The molecule has 1 heterocycles. The van der Waals surface area contributed by atoms with Crippen LogP contribution in [0.1, 0.15) is 5.56 Å². The van der Waals surface area contributed by atoms with Crippen molar-refractivity contribution in [2.45, 2.75) is 6.61 Å². The Labute approximate surface area is 111 Å². The molecule has 3 nitrogen and oxygen atoms in total. The fourth-order valence-corrected chi connectivity index (χ4v) is 2.17. The van der Waals surface area contributed by atoms with Gasteiger partial charge in [-0.25, -0.2) is 0 Å². The molecule has 0 fully saturated rings. The van der Waals surface area contributed by atoms with Gasteiger partial charge in [-0.15, -0.1) is 0 Å². The summed E-state index contributed by atoms with van der Waals surface area (Å²) in [7, 11) is 1.64. The number of hydrogen-bond acceptors (Lipinski definition) is 3. The van der Waals surface area contributed by atoms with E-state index >= 15 is 0 Å². The minimum absolute atomic E-state index is 0.0254. The smallest absolute Gasteiger partial charge is 0.140 e. The molecular formula is C16H14O3. The first-order chi connectivity index (χ1) is 9.31. The van der Waals surface area contributed by atoms with Gasteiger partial charge >= 0.3 is 0 Å². The normalized spacial score (nSPS) is 10.8. The van der Waals surface area contributed by atoms with Crippen molar-refractivity contribution >= 4 is 11.0 Å². The van der Waals surface area contributed by atoms with E-state index in [4.69, 9.17) is 9.15 Å². The molecule has 0 amide bonds. The molecule has 2 aromatic carbocycles. The van der Waals surface area contributed by atoms with Gasteiger partial charge in [-0.1, -0.05) is 30.3 Å². The summed E-state index contributed by atoms with van der Waals surface area (Å²) in [5, 5.41) is 10.3. The van der Waals surface area contributed by atoms with Crippen molar-refractivity contribution in [3.63, 3.8) is 0 Å². The van der Waals surface area contributed by atoms with Crippen molar-refractivity contribution in [3.05, 3.63) is 54.1 Å². The Bertz CT molecular complexity index is 713. The number of methoxy groups -OCH3 is 1. The predicted octanol–water partition coefficient (Wildman–Crippen LogP) is 3.60. The van der Waals surface area contributed by atoms with Gasteiger partial charge < -0.3 is 14.3 Å². The molecule has 96 valence electrons. The Morgan fingerprint density at radius 3 is 2.74 bits per heavy atom. The van der Waals surface area contributed by atoms with Gasteiger partial charge in [0.25, 0.3) is 0 Å². The highest BCUT2D eigenvalue weighted by atomic mass is 16.5. The van der Waals surface area contributed by atoms with Crippen LogP contribution < -0.4 is 4.74 Å². The van der Waals surface area contributed by atoms with E-state index in [2.05, 4.69) is 0 Å². The van der Waals surface area contributed by atoms with Gasteiger partial charge in [0.2, 0.25) is 0 Å². The van der Waals surface area contributed by atoms with Gasteiger partial charge in [0.15, 0.2) is 0 Å². The summed E-state index contributed by atoms with van der Waals surface area (Å²) in [6, 6.07) is 15.4. The average Bonchev–Trinajstić information content (AvgIpc) is 2.91. The highest BCUT2D eigenvalue weighted by Gasteiger charge is 2.09. The monoisotopic (exact) mass is 254 g/mol. The minimum Gasteiger partial charge on any atom is -0.497 e. The number of aliphatic hydroxyl groups excluding tert-OH is 1. The lowest BCUT2D eigenvalue weighted by molar-refractivity contribution is 0.282. The summed E-state index contributed by atoms with van der Waals surface area (Å²) in [5.41, 5.74) is 2.49. The van der Waals surface area contributed by atoms with E-state index in [0.717, 1.165) is 33.6 Å². The van der Waals surface area contributed by atoms with E-state index in [-0.39, 0.29) is 6.61 Å². The molecule has 0 aliphatic rings. The van der Waals surface area contributed by atoms with Crippen molar-refractivity contribution in [3.8, 4) is 17.1 Å². The maximum absolute atomic E-state index is 9.32. The second-order valence-electron chi connectivity index (χ2n) is 4.34. The van der Waals surface area contributed by atoms with Crippen LogP contribution in [0.4, 0.5) is 0 Å². The lowest BCUT2D eigenvalue weighted by Gasteiger charge is -2.01. The maximum atomic E-state index is 9.32. The summed E-state index contributed by atoms with van der Waals surface area (Å²) >= 11 is 0. The molecular weight excluding hydrogens is 240 g/mol. The molecule has 0 bridgehead atoms. The third-order valence-corrected chi connectivity index (χ3v) is 3.15. The summed E-state index contributed by atoms with van der Waals surface area (Å²) < 4.78 is 11.1. The molecule has 0 aliphatic carbocycles. The Morgan fingerprint density at radius 2 is 1.95 bits per heavy atom. The Kier molecular flexibility index (Phi) is 2.97. The SMILES string of the molecule is COc1cccc(-c2cc3cccc(CO)c3o2)c1. The van der Waals surface area contributed by atoms with Crippen LogP contribution in [0.15, 0.2) is 52.9 Å². The average molecular weight is 254 g/mol. The third-order valence-electron chi connectivity index (χ3n) is 3.15. The van der Waals surface area contributed by atoms with Crippen LogP contribution in [0.25, 0.3) is 22.3 Å². The van der Waals surface area contributed by atoms with Crippen molar-refractivity contribution in [2.24, 2.45) is 0 Å². The molecule has 3 heteroatoms. The van der Waals surface area contributed by atoms with Gasteiger partial charge in [-0.2, -0.15) is 0 Å². The first-order valence-corrected chi connectivity index (χ1v) is 6.08. The van der Waals surface area contributed by atoms with Crippen LogP contribution in [-0.2, 0) is 6.61 Å². The summed E-state index contributed by atoms with van der Waals surface area (Å²) in [6.07, 6.45) is 0. The number of aliphatic hydroxyl groups is 1. The number of furan rings is 1. The van der Waals surface area contributed by atoms with Crippen molar-refractivity contribution < 1.29 is 14.3 Å². The number of ether oxygens (including phenoxy) is 1. The molecule has 0 saturated heterocycles. The van der Waals surface area contributed by atoms with E-state index in [1.54, 1.807) is 7.11 Å². The second kappa shape index (κ2) is 4.78. The standard InChI is InChI=1S/C16H14O3/c1-18-14-7-3-4-11(8-14)15-9-12-5-2-6-13(10-17)16(12)19-15/h2-9,17H,10H2,1H3. The minimum atomic E-state index is -0.0254. The predicted molar refractivity (Wildman–Crippen MR) is 74.1 cm³/mol. The van der Waals surface area contributed by atoms with E-state index < -0.39 is 0 Å². The molecule has 0 aliphatic heterocycles. The lowest BCUT2D eigenvalue weighted by atomic mass is 10.1. The highest BCUT2D eigenvalue weighted by Crippen LogP contribution is 2.31. The molecule has 0 spiro atoms. The van der Waals surface area contributed by atoms with Gasteiger partial charge in [0.1, 0.15) is 17.1 Å². The highest BCUT2D eigenvalue weighted by molar-refractivity contribution is 5.85. The zero-order chi connectivity index (χ0) is 13.2. The Hall–Kier alpha value is -2.26. The van der Waals surface area contributed by atoms with Gasteiger partial charge in [-0.3, -0.25) is 0 Å². The first kappa shape index (κ1) is 11.8. The number of rotatable bonds is 3. The van der Waals surface area contributed by atoms with E-state index in [9.17, 15) is 5.11 Å². The Balaban J connectivity index is 2.15. The molecule has 0 saturated carbocycles. The molecule has 1 aromatic heterocycles. The van der Waals surface area contributed by atoms with Crippen LogP contribution in [-0.4, -0.2) is 12.2 Å². The first-order valence-electron chi connectivity index (χ1n) is 6.08. The van der Waals surface area contributed by atoms with E-state index in [1.165, 1.54) is 0 Å². The Morgan fingerprint density at radius 1 is 1.11 bits per heavy atom. The number of para-hydroxylation sites is 1. The van der Waals surface area contributed by atoms with Crippen molar-refractivity contribution in [1.82, 2.24) is 0 Å². The van der Waals surface area contributed by atoms with Crippen LogP contribution in [0.2, 0.25) is 0 Å². The van der Waals surface area contributed by atoms with Crippen molar-refractivity contribution in [1.29, 1.82) is 0 Å². The van der Waals surface area contributed by atoms with Gasteiger partial charge in [0.05, 0.1) is 13.7 Å². The van der Waals surface area contributed by atoms with Crippen molar-refractivity contribution in [2.75, 3.05) is 7.11 Å². The fourth-order valence-electron chi connectivity index (χ4n) is 2.17. The molecule has 19 heavy (non-hydrogen) atoms. The zero-order valence-corrected chi connectivity index (χ0v) is 10.6.